The van der Waals surface area contributed by atoms with Crippen molar-refractivity contribution in [2.24, 2.45) is 5.92 Å². The molecule has 1 aliphatic rings. The van der Waals surface area contributed by atoms with Crippen LogP contribution in [0.4, 0.5) is 11.4 Å². The molecule has 4 rings (SSSR count). The molecule has 0 atom stereocenters. The first-order valence-electron chi connectivity index (χ1n) is 11.4. The van der Waals surface area contributed by atoms with Crippen molar-refractivity contribution in [3.05, 3.63) is 83.7 Å². The van der Waals surface area contributed by atoms with Gasteiger partial charge in [0, 0.05) is 18.4 Å². The molecule has 1 fully saturated rings. The summed E-state index contributed by atoms with van der Waals surface area (Å²) in [6, 6.07) is 19.6. The molecule has 1 saturated carbocycles. The fraction of sp³-hybridized carbons (Fsp3) is 0.333. The molecule has 166 valence electrons. The van der Waals surface area contributed by atoms with E-state index in [9.17, 15) is 4.79 Å². The minimum Gasteiger partial charge on any atom is -0.487 e. The lowest BCUT2D eigenvalue weighted by molar-refractivity contribution is 0.0953. The number of hydrogen-bond acceptors (Lipinski definition) is 4. The van der Waals surface area contributed by atoms with E-state index < -0.39 is 0 Å². The summed E-state index contributed by atoms with van der Waals surface area (Å²) in [6.07, 6.45) is 5.09. The molecule has 32 heavy (non-hydrogen) atoms. The predicted octanol–water partition coefficient (Wildman–Crippen LogP) is 6.06. The lowest BCUT2D eigenvalue weighted by atomic mass is 10.1. The zero-order chi connectivity index (χ0) is 22.3. The van der Waals surface area contributed by atoms with Crippen LogP contribution in [-0.2, 0) is 6.61 Å². The van der Waals surface area contributed by atoms with Gasteiger partial charge in [-0.3, -0.25) is 9.78 Å². The average molecular weight is 430 g/mol. The SMILES string of the molecule is CC(C)CCNC(=O)c1ccccc1Nc1ccc(OCc2ccccn2)cc1C1CC1. The van der Waals surface area contributed by atoms with Crippen molar-refractivity contribution < 1.29 is 9.53 Å². The summed E-state index contributed by atoms with van der Waals surface area (Å²) < 4.78 is 5.99. The lowest BCUT2D eigenvalue weighted by Gasteiger charge is -2.17. The average Bonchev–Trinajstić information content (AvgIpc) is 3.64. The smallest absolute Gasteiger partial charge is 0.253 e. The van der Waals surface area contributed by atoms with Gasteiger partial charge in [0.1, 0.15) is 12.4 Å². The molecule has 1 amide bonds. The number of nitrogens with one attached hydrogen (secondary N) is 2. The van der Waals surface area contributed by atoms with Crippen molar-refractivity contribution >= 4 is 17.3 Å². The molecule has 2 aromatic carbocycles. The molecular formula is C27H31N3O2. The van der Waals surface area contributed by atoms with E-state index in [2.05, 4.69) is 41.6 Å². The van der Waals surface area contributed by atoms with Gasteiger partial charge >= 0.3 is 0 Å². The minimum atomic E-state index is -0.0444. The Balaban J connectivity index is 1.49. The number of aromatic nitrogens is 1. The van der Waals surface area contributed by atoms with Crippen molar-refractivity contribution in [1.29, 1.82) is 0 Å². The zero-order valence-corrected chi connectivity index (χ0v) is 18.8. The first-order chi connectivity index (χ1) is 15.6. The number of pyridine rings is 1. The number of nitrogens with zero attached hydrogens (tertiary/aromatic N) is 1. The fourth-order valence-electron chi connectivity index (χ4n) is 3.62. The number of hydrogen-bond donors (Lipinski definition) is 2. The summed E-state index contributed by atoms with van der Waals surface area (Å²) in [5, 5.41) is 6.56. The number of benzene rings is 2. The van der Waals surface area contributed by atoms with Gasteiger partial charge in [-0.05, 0) is 79.1 Å². The molecule has 1 heterocycles. The Morgan fingerprint density at radius 3 is 2.62 bits per heavy atom. The van der Waals surface area contributed by atoms with Gasteiger partial charge < -0.3 is 15.4 Å². The Morgan fingerprint density at radius 1 is 1.06 bits per heavy atom. The van der Waals surface area contributed by atoms with E-state index in [0.717, 1.165) is 29.2 Å². The van der Waals surface area contributed by atoms with E-state index in [1.165, 1.54) is 18.4 Å². The summed E-state index contributed by atoms with van der Waals surface area (Å²) in [7, 11) is 0. The third kappa shape index (κ3) is 5.88. The van der Waals surface area contributed by atoms with Crippen molar-refractivity contribution in [3.63, 3.8) is 0 Å². The Kier molecular flexibility index (Phi) is 7.05. The summed E-state index contributed by atoms with van der Waals surface area (Å²) >= 11 is 0. The predicted molar refractivity (Wildman–Crippen MR) is 128 cm³/mol. The highest BCUT2D eigenvalue weighted by atomic mass is 16.5. The maximum absolute atomic E-state index is 12.8. The number of carbonyl (C=O) groups excluding carboxylic acids is 1. The molecular weight excluding hydrogens is 398 g/mol. The molecule has 0 saturated heterocycles. The topological polar surface area (TPSA) is 63.2 Å². The monoisotopic (exact) mass is 429 g/mol. The summed E-state index contributed by atoms with van der Waals surface area (Å²) in [5.74, 6) is 1.88. The van der Waals surface area contributed by atoms with E-state index in [0.29, 0.717) is 30.6 Å². The number of anilines is 2. The maximum Gasteiger partial charge on any atom is 0.253 e. The van der Waals surface area contributed by atoms with Crippen LogP contribution in [0.15, 0.2) is 66.9 Å². The maximum atomic E-state index is 12.8. The van der Waals surface area contributed by atoms with Gasteiger partial charge in [0.05, 0.1) is 16.9 Å². The van der Waals surface area contributed by atoms with Gasteiger partial charge in [-0.2, -0.15) is 0 Å². The van der Waals surface area contributed by atoms with E-state index in [4.69, 9.17) is 4.74 Å². The van der Waals surface area contributed by atoms with Crippen molar-refractivity contribution in [2.45, 2.75) is 45.6 Å². The van der Waals surface area contributed by atoms with E-state index >= 15 is 0 Å². The van der Waals surface area contributed by atoms with Gasteiger partial charge in [-0.1, -0.05) is 32.0 Å². The normalized spacial score (nSPS) is 13.1. The third-order valence-corrected chi connectivity index (χ3v) is 5.60. The molecule has 0 radical (unpaired) electrons. The van der Waals surface area contributed by atoms with Gasteiger partial charge in [0.2, 0.25) is 0 Å². The molecule has 0 unspecified atom stereocenters. The summed E-state index contributed by atoms with van der Waals surface area (Å²) in [6.45, 7) is 5.44. The lowest BCUT2D eigenvalue weighted by Crippen LogP contribution is -2.26. The molecule has 0 aliphatic heterocycles. The third-order valence-electron chi connectivity index (χ3n) is 5.60. The molecule has 5 nitrogen and oxygen atoms in total. The molecule has 5 heteroatoms. The fourth-order valence-corrected chi connectivity index (χ4v) is 3.62. The second kappa shape index (κ2) is 10.3. The highest BCUT2D eigenvalue weighted by molar-refractivity contribution is 6.00. The standard InChI is InChI=1S/C27H31N3O2/c1-19(2)14-16-29-27(31)23-8-3-4-9-25(23)30-26-13-12-22(17-24(26)20-10-11-20)32-18-21-7-5-6-15-28-21/h3-9,12-13,15,17,19-20,30H,10-11,14,16,18H2,1-2H3,(H,29,31). The van der Waals surface area contributed by atoms with Crippen molar-refractivity contribution in [3.8, 4) is 5.75 Å². The van der Waals surface area contributed by atoms with Crippen LogP contribution < -0.4 is 15.4 Å². The number of ether oxygens (including phenoxy) is 1. The van der Waals surface area contributed by atoms with Crippen LogP contribution in [0.1, 0.15) is 60.6 Å². The van der Waals surface area contributed by atoms with Crippen molar-refractivity contribution in [1.82, 2.24) is 10.3 Å². The largest absolute Gasteiger partial charge is 0.487 e. The molecule has 2 N–H and O–H groups in total. The highest BCUT2D eigenvalue weighted by Crippen LogP contribution is 2.45. The van der Waals surface area contributed by atoms with E-state index in [1.54, 1.807) is 6.20 Å². The number of para-hydroxylation sites is 1. The second-order valence-electron chi connectivity index (χ2n) is 8.74. The van der Waals surface area contributed by atoms with Crippen LogP contribution in [-0.4, -0.2) is 17.4 Å². The van der Waals surface area contributed by atoms with Gasteiger partial charge in [-0.15, -0.1) is 0 Å². The highest BCUT2D eigenvalue weighted by Gasteiger charge is 2.27. The molecule has 0 spiro atoms. The number of amides is 1. The zero-order valence-electron chi connectivity index (χ0n) is 18.8. The Morgan fingerprint density at radius 2 is 1.88 bits per heavy atom. The Labute approximate surface area is 190 Å². The quantitative estimate of drug-likeness (QED) is 0.411. The van der Waals surface area contributed by atoms with Crippen LogP contribution in [0.2, 0.25) is 0 Å². The first-order valence-corrected chi connectivity index (χ1v) is 11.4. The van der Waals surface area contributed by atoms with Crippen LogP contribution in [0.5, 0.6) is 5.75 Å². The number of carbonyl (C=O) groups is 1. The number of rotatable bonds is 10. The first kappa shape index (κ1) is 21.9. The van der Waals surface area contributed by atoms with E-state index in [-0.39, 0.29) is 5.91 Å². The Bertz CT molecular complexity index is 1050. The molecule has 3 aromatic rings. The Hall–Kier alpha value is -3.34. The van der Waals surface area contributed by atoms with Crippen LogP contribution >= 0.6 is 0 Å². The van der Waals surface area contributed by atoms with Gasteiger partial charge in [0.15, 0.2) is 0 Å². The van der Waals surface area contributed by atoms with Crippen LogP contribution in [0.25, 0.3) is 0 Å². The van der Waals surface area contributed by atoms with Gasteiger partial charge in [-0.25, -0.2) is 0 Å². The minimum absolute atomic E-state index is 0.0444. The van der Waals surface area contributed by atoms with Crippen molar-refractivity contribution in [2.75, 3.05) is 11.9 Å². The molecule has 1 aliphatic carbocycles. The van der Waals surface area contributed by atoms with Crippen LogP contribution in [0, 0.1) is 5.92 Å². The summed E-state index contributed by atoms with van der Waals surface area (Å²) in [4.78, 5) is 17.1. The second-order valence-corrected chi connectivity index (χ2v) is 8.74. The van der Waals surface area contributed by atoms with Crippen LogP contribution in [0.3, 0.4) is 0 Å². The molecule has 1 aromatic heterocycles. The van der Waals surface area contributed by atoms with E-state index in [1.807, 2.05) is 48.5 Å². The van der Waals surface area contributed by atoms with Gasteiger partial charge in [0.25, 0.3) is 5.91 Å². The summed E-state index contributed by atoms with van der Waals surface area (Å²) in [5.41, 5.74) is 4.64. The molecule has 0 bridgehead atoms.